The van der Waals surface area contributed by atoms with Gasteiger partial charge in [-0.05, 0) is 11.6 Å². The van der Waals surface area contributed by atoms with Crippen LogP contribution in [-0.4, -0.2) is 12.0 Å². The van der Waals surface area contributed by atoms with Crippen molar-refractivity contribution in [2.75, 3.05) is 6.79 Å². The molecule has 0 aliphatic carbocycles. The van der Waals surface area contributed by atoms with E-state index >= 15 is 0 Å². The van der Waals surface area contributed by atoms with Gasteiger partial charge in [0.1, 0.15) is 0 Å². The van der Waals surface area contributed by atoms with Crippen LogP contribution >= 0.6 is 11.6 Å². The van der Waals surface area contributed by atoms with E-state index in [1.165, 1.54) is 0 Å². The SMILES string of the molecule is ONCc1ccc2c(c1Cl)OCO2. The zero-order chi connectivity index (χ0) is 9.26. The van der Waals surface area contributed by atoms with Gasteiger partial charge in [-0.15, -0.1) is 0 Å². The molecule has 70 valence electrons. The molecule has 0 atom stereocenters. The largest absolute Gasteiger partial charge is 0.454 e. The van der Waals surface area contributed by atoms with Crippen LogP contribution in [0, 0.1) is 0 Å². The van der Waals surface area contributed by atoms with Crippen LogP contribution in [0.25, 0.3) is 0 Å². The molecule has 1 heterocycles. The number of rotatable bonds is 2. The van der Waals surface area contributed by atoms with Crippen LogP contribution in [0.2, 0.25) is 5.02 Å². The molecule has 1 aromatic rings. The minimum Gasteiger partial charge on any atom is -0.454 e. The lowest BCUT2D eigenvalue weighted by Crippen LogP contribution is -2.06. The van der Waals surface area contributed by atoms with Gasteiger partial charge < -0.3 is 14.7 Å². The van der Waals surface area contributed by atoms with Crippen molar-refractivity contribution in [1.29, 1.82) is 0 Å². The standard InChI is InChI=1S/C8H8ClNO3/c9-7-5(3-10-11)1-2-6-8(7)13-4-12-6/h1-2,10-11H,3-4H2. The maximum Gasteiger partial charge on any atom is 0.231 e. The zero-order valence-electron chi connectivity index (χ0n) is 6.71. The summed E-state index contributed by atoms with van der Waals surface area (Å²) in [5.74, 6) is 1.20. The first-order valence-electron chi connectivity index (χ1n) is 3.77. The van der Waals surface area contributed by atoms with Gasteiger partial charge in [0, 0.05) is 6.54 Å². The van der Waals surface area contributed by atoms with Crippen LogP contribution < -0.4 is 15.0 Å². The van der Waals surface area contributed by atoms with Crippen LogP contribution in [0.15, 0.2) is 12.1 Å². The summed E-state index contributed by atoms with van der Waals surface area (Å²) in [7, 11) is 0. The van der Waals surface area contributed by atoms with Crippen molar-refractivity contribution in [1.82, 2.24) is 5.48 Å². The predicted octanol–water partition coefficient (Wildman–Crippen LogP) is 1.55. The third-order valence-corrected chi connectivity index (χ3v) is 2.24. The average molecular weight is 202 g/mol. The van der Waals surface area contributed by atoms with Crippen LogP contribution in [0.5, 0.6) is 11.5 Å². The second kappa shape index (κ2) is 3.41. The highest BCUT2D eigenvalue weighted by atomic mass is 35.5. The van der Waals surface area contributed by atoms with Crippen molar-refractivity contribution >= 4 is 11.6 Å². The average Bonchev–Trinajstić information content (AvgIpc) is 2.58. The Morgan fingerprint density at radius 2 is 2.31 bits per heavy atom. The van der Waals surface area contributed by atoms with Gasteiger partial charge in [-0.3, -0.25) is 0 Å². The minimum atomic E-state index is 0.199. The fourth-order valence-electron chi connectivity index (χ4n) is 1.20. The van der Waals surface area contributed by atoms with Crippen molar-refractivity contribution in [3.63, 3.8) is 0 Å². The summed E-state index contributed by atoms with van der Waals surface area (Å²) < 4.78 is 10.3. The number of ether oxygens (including phenoxy) is 2. The molecular formula is C8H8ClNO3. The summed E-state index contributed by atoms with van der Waals surface area (Å²) in [5, 5.41) is 8.99. The van der Waals surface area contributed by atoms with Crippen molar-refractivity contribution in [2.24, 2.45) is 0 Å². The molecule has 0 amide bonds. The topological polar surface area (TPSA) is 50.7 Å². The monoisotopic (exact) mass is 201 g/mol. The Bertz CT molecular complexity index is 329. The van der Waals surface area contributed by atoms with Crippen molar-refractivity contribution in [3.05, 3.63) is 22.7 Å². The summed E-state index contributed by atoms with van der Waals surface area (Å²) in [6, 6.07) is 3.54. The molecule has 0 spiro atoms. The van der Waals surface area contributed by atoms with E-state index in [4.69, 9.17) is 26.3 Å². The third-order valence-electron chi connectivity index (χ3n) is 1.83. The van der Waals surface area contributed by atoms with E-state index < -0.39 is 0 Å². The van der Waals surface area contributed by atoms with Crippen molar-refractivity contribution in [2.45, 2.75) is 6.54 Å². The van der Waals surface area contributed by atoms with Crippen LogP contribution in [0.1, 0.15) is 5.56 Å². The van der Waals surface area contributed by atoms with Gasteiger partial charge in [0.2, 0.25) is 6.79 Å². The Balaban J connectivity index is 2.40. The van der Waals surface area contributed by atoms with Gasteiger partial charge in [-0.1, -0.05) is 17.7 Å². The lowest BCUT2D eigenvalue weighted by molar-refractivity contribution is 0.161. The van der Waals surface area contributed by atoms with Crippen LogP contribution in [0.4, 0.5) is 0 Å². The smallest absolute Gasteiger partial charge is 0.231 e. The quantitative estimate of drug-likeness (QED) is 0.713. The summed E-state index contributed by atoms with van der Waals surface area (Å²) in [6.45, 7) is 0.487. The molecule has 1 aliphatic rings. The number of hydrogen-bond donors (Lipinski definition) is 2. The lowest BCUT2D eigenvalue weighted by atomic mass is 10.2. The van der Waals surface area contributed by atoms with Gasteiger partial charge in [0.15, 0.2) is 11.5 Å². The van der Waals surface area contributed by atoms with E-state index in [9.17, 15) is 0 Å². The minimum absolute atomic E-state index is 0.199. The number of hydroxylamine groups is 1. The molecule has 0 saturated carbocycles. The number of nitrogens with one attached hydrogen (secondary N) is 1. The summed E-state index contributed by atoms with van der Waals surface area (Å²) in [6.07, 6.45) is 0. The first-order valence-corrected chi connectivity index (χ1v) is 4.14. The second-order valence-electron chi connectivity index (χ2n) is 2.61. The number of hydrogen-bond acceptors (Lipinski definition) is 4. The summed E-state index contributed by atoms with van der Waals surface area (Å²) >= 11 is 5.98. The highest BCUT2D eigenvalue weighted by Crippen LogP contribution is 2.40. The highest BCUT2D eigenvalue weighted by Gasteiger charge is 2.18. The molecule has 0 radical (unpaired) electrons. The molecule has 0 aromatic heterocycles. The van der Waals surface area contributed by atoms with Crippen molar-refractivity contribution in [3.8, 4) is 11.5 Å². The van der Waals surface area contributed by atoms with E-state index in [2.05, 4.69) is 0 Å². The number of halogens is 1. The van der Waals surface area contributed by atoms with Gasteiger partial charge >= 0.3 is 0 Å². The van der Waals surface area contributed by atoms with E-state index in [-0.39, 0.29) is 13.3 Å². The number of benzene rings is 1. The Labute approximate surface area is 80.0 Å². The molecule has 1 aromatic carbocycles. The Kier molecular flexibility index (Phi) is 2.26. The first kappa shape index (κ1) is 8.62. The second-order valence-corrected chi connectivity index (χ2v) is 2.99. The highest BCUT2D eigenvalue weighted by molar-refractivity contribution is 6.33. The molecule has 1 aliphatic heterocycles. The summed E-state index contributed by atoms with van der Waals surface area (Å²) in [4.78, 5) is 0. The van der Waals surface area contributed by atoms with E-state index in [0.717, 1.165) is 5.56 Å². The molecule has 0 bridgehead atoms. The first-order chi connectivity index (χ1) is 6.33. The Morgan fingerprint density at radius 1 is 1.46 bits per heavy atom. The Hall–Kier alpha value is -0.970. The van der Waals surface area contributed by atoms with Crippen LogP contribution in [-0.2, 0) is 6.54 Å². The molecule has 5 heteroatoms. The maximum atomic E-state index is 8.51. The fraction of sp³-hybridized carbons (Fsp3) is 0.250. The van der Waals surface area contributed by atoms with E-state index in [1.54, 1.807) is 12.1 Å². The van der Waals surface area contributed by atoms with Crippen molar-refractivity contribution < 1.29 is 14.7 Å². The van der Waals surface area contributed by atoms with Gasteiger partial charge in [0.05, 0.1) is 5.02 Å². The molecular weight excluding hydrogens is 194 g/mol. The van der Waals surface area contributed by atoms with Crippen LogP contribution in [0.3, 0.4) is 0 Å². The molecule has 4 nitrogen and oxygen atoms in total. The molecule has 2 rings (SSSR count). The Morgan fingerprint density at radius 3 is 3.08 bits per heavy atom. The maximum absolute atomic E-state index is 8.51. The van der Waals surface area contributed by atoms with E-state index in [0.29, 0.717) is 16.5 Å². The lowest BCUT2D eigenvalue weighted by Gasteiger charge is -2.04. The normalized spacial score (nSPS) is 13.4. The molecule has 0 unspecified atom stereocenters. The van der Waals surface area contributed by atoms with Gasteiger partial charge in [-0.2, -0.15) is 0 Å². The molecule has 2 N–H and O–H groups in total. The third kappa shape index (κ3) is 1.44. The fourth-order valence-corrected chi connectivity index (χ4v) is 1.48. The number of fused-ring (bicyclic) bond motifs is 1. The molecule has 0 fully saturated rings. The van der Waals surface area contributed by atoms with Gasteiger partial charge in [-0.25, -0.2) is 5.48 Å². The van der Waals surface area contributed by atoms with Gasteiger partial charge in [0.25, 0.3) is 0 Å². The summed E-state index contributed by atoms with van der Waals surface area (Å²) in [5.41, 5.74) is 2.81. The van der Waals surface area contributed by atoms with E-state index in [1.807, 2.05) is 5.48 Å². The predicted molar refractivity (Wildman–Crippen MR) is 46.2 cm³/mol. The molecule has 0 saturated heterocycles. The molecule has 13 heavy (non-hydrogen) atoms. The zero-order valence-corrected chi connectivity index (χ0v) is 7.47.